The summed E-state index contributed by atoms with van der Waals surface area (Å²) >= 11 is 13.9. The highest BCUT2D eigenvalue weighted by Gasteiger charge is 2.29. The molecule has 2 aromatic carbocycles. The molecule has 1 atom stereocenters. The van der Waals surface area contributed by atoms with Crippen molar-refractivity contribution in [3.05, 3.63) is 73.8 Å². The minimum atomic E-state index is -0.662. The maximum atomic E-state index is 13.1. The molecule has 7 nitrogen and oxygen atoms in total. The van der Waals surface area contributed by atoms with E-state index < -0.39 is 11.0 Å². The quantitative estimate of drug-likeness (QED) is 0.390. The number of carbonyl (C=O) groups excluding carboxylic acids is 2. The van der Waals surface area contributed by atoms with Crippen molar-refractivity contribution in [2.24, 2.45) is 0 Å². The molecule has 2 rings (SSSR count). The fourth-order valence-electron chi connectivity index (χ4n) is 2.99. The topological polar surface area (TPSA) is 92.6 Å². The van der Waals surface area contributed by atoms with Crippen LogP contribution in [0.5, 0.6) is 0 Å². The van der Waals surface area contributed by atoms with Crippen LogP contribution in [0.2, 0.25) is 10.0 Å². The number of nitro groups is 1. The molecule has 166 valence electrons. The minimum absolute atomic E-state index is 0.0176. The number of amides is 2. The van der Waals surface area contributed by atoms with E-state index >= 15 is 0 Å². The van der Waals surface area contributed by atoms with Crippen LogP contribution in [0, 0.1) is 10.1 Å². The van der Waals surface area contributed by atoms with E-state index in [4.69, 9.17) is 23.2 Å². The molecule has 0 saturated heterocycles. The van der Waals surface area contributed by atoms with E-state index in [1.807, 2.05) is 6.92 Å². The summed E-state index contributed by atoms with van der Waals surface area (Å²) in [7, 11) is 1.53. The molecule has 1 N–H and O–H groups in total. The molecule has 0 fully saturated rings. The Kier molecular flexibility index (Phi) is 9.61. The zero-order chi connectivity index (χ0) is 23.0. The number of likely N-dealkylation sites (N-methyl/N-ethyl adjacent to an activating group) is 1. The predicted molar refractivity (Wildman–Crippen MR) is 124 cm³/mol. The minimum Gasteiger partial charge on any atom is -0.357 e. The zero-order valence-corrected chi connectivity index (χ0v) is 19.5. The summed E-state index contributed by atoms with van der Waals surface area (Å²) in [6.07, 6.45) is 0.431. The molecule has 2 aromatic rings. The lowest BCUT2D eigenvalue weighted by Crippen LogP contribution is -2.48. The fourth-order valence-corrected chi connectivity index (χ4v) is 4.38. The van der Waals surface area contributed by atoms with Crippen molar-refractivity contribution < 1.29 is 14.5 Å². The largest absolute Gasteiger partial charge is 0.357 e. The molecule has 0 bridgehead atoms. The second-order valence-electron chi connectivity index (χ2n) is 6.68. The van der Waals surface area contributed by atoms with Crippen molar-refractivity contribution in [2.45, 2.75) is 31.7 Å². The molecule has 0 unspecified atom stereocenters. The van der Waals surface area contributed by atoms with Crippen LogP contribution in [0.3, 0.4) is 0 Å². The van der Waals surface area contributed by atoms with Crippen LogP contribution < -0.4 is 5.32 Å². The van der Waals surface area contributed by atoms with Crippen molar-refractivity contribution in [1.29, 1.82) is 0 Å². The second-order valence-corrected chi connectivity index (χ2v) is 8.48. The average Bonchev–Trinajstić information content (AvgIpc) is 2.75. The molecule has 0 saturated carbocycles. The van der Waals surface area contributed by atoms with Crippen LogP contribution in [0.1, 0.15) is 24.5 Å². The maximum Gasteiger partial charge on any atom is 0.269 e. The monoisotopic (exact) mass is 483 g/mol. The summed E-state index contributed by atoms with van der Waals surface area (Å²) in [5.74, 6) is 0.144. The lowest BCUT2D eigenvalue weighted by Gasteiger charge is -2.30. The number of nitro benzene ring substituents is 1. The van der Waals surface area contributed by atoms with Crippen LogP contribution in [0.15, 0.2) is 42.5 Å². The van der Waals surface area contributed by atoms with Gasteiger partial charge in [0, 0.05) is 47.1 Å². The van der Waals surface area contributed by atoms with Gasteiger partial charge < -0.3 is 10.2 Å². The van der Waals surface area contributed by atoms with Crippen LogP contribution in [0.4, 0.5) is 5.69 Å². The van der Waals surface area contributed by atoms with Gasteiger partial charge in [-0.25, -0.2) is 0 Å². The second kappa shape index (κ2) is 11.9. The van der Waals surface area contributed by atoms with Crippen molar-refractivity contribution in [3.8, 4) is 0 Å². The van der Waals surface area contributed by atoms with Gasteiger partial charge in [0.15, 0.2) is 0 Å². The van der Waals surface area contributed by atoms with Gasteiger partial charge in [0.2, 0.25) is 11.8 Å². The first kappa shape index (κ1) is 25.0. The Labute approximate surface area is 195 Å². The molecule has 0 aliphatic carbocycles. The third-order valence-electron chi connectivity index (χ3n) is 4.66. The van der Waals surface area contributed by atoms with Gasteiger partial charge >= 0.3 is 0 Å². The number of halogens is 2. The Morgan fingerprint density at radius 3 is 2.29 bits per heavy atom. The number of nitrogens with one attached hydrogen (secondary N) is 1. The molecule has 2 amide bonds. The van der Waals surface area contributed by atoms with E-state index in [1.165, 1.54) is 35.8 Å². The smallest absolute Gasteiger partial charge is 0.269 e. The van der Waals surface area contributed by atoms with Crippen LogP contribution >= 0.6 is 35.0 Å². The molecule has 31 heavy (non-hydrogen) atoms. The molecule has 0 radical (unpaired) electrons. The van der Waals surface area contributed by atoms with Crippen molar-refractivity contribution in [2.75, 3.05) is 12.8 Å². The number of thioether (sulfide) groups is 1. The SMILES string of the molecule is CC[C@@H](C(=O)NC)N(Cc1c(Cl)cccc1Cl)C(=O)CSCc1ccc([N+](=O)[O-])cc1. The van der Waals surface area contributed by atoms with E-state index in [9.17, 15) is 19.7 Å². The van der Waals surface area contributed by atoms with E-state index in [0.29, 0.717) is 27.8 Å². The zero-order valence-electron chi connectivity index (χ0n) is 17.1. The van der Waals surface area contributed by atoms with Crippen LogP contribution in [0.25, 0.3) is 0 Å². The average molecular weight is 484 g/mol. The Morgan fingerprint density at radius 2 is 1.77 bits per heavy atom. The lowest BCUT2D eigenvalue weighted by atomic mass is 10.1. The summed E-state index contributed by atoms with van der Waals surface area (Å²) in [5, 5.41) is 14.2. The standard InChI is InChI=1S/C21H23Cl2N3O4S/c1-3-19(21(28)24-2)25(11-16-17(22)5-4-6-18(16)23)20(27)13-31-12-14-7-9-15(10-8-14)26(29)30/h4-10,19H,3,11-13H2,1-2H3,(H,24,28)/t19-/m0/s1. The number of hydrogen-bond acceptors (Lipinski definition) is 5. The van der Waals surface area contributed by atoms with Gasteiger partial charge in [0.1, 0.15) is 6.04 Å². The van der Waals surface area contributed by atoms with Crippen LogP contribution in [-0.2, 0) is 21.9 Å². The molecular formula is C21H23Cl2N3O4S. The van der Waals surface area contributed by atoms with Crippen molar-refractivity contribution in [3.63, 3.8) is 0 Å². The summed E-state index contributed by atoms with van der Waals surface area (Å²) in [6, 6.07) is 10.6. The van der Waals surface area contributed by atoms with Crippen molar-refractivity contribution >= 4 is 52.5 Å². The van der Waals surface area contributed by atoms with Crippen LogP contribution in [-0.4, -0.2) is 40.5 Å². The first-order valence-corrected chi connectivity index (χ1v) is 11.4. The van der Waals surface area contributed by atoms with E-state index in [1.54, 1.807) is 30.3 Å². The molecule has 0 spiro atoms. The molecule has 0 aromatic heterocycles. The van der Waals surface area contributed by atoms with Gasteiger partial charge in [0.25, 0.3) is 5.69 Å². The van der Waals surface area contributed by atoms with Gasteiger partial charge in [-0.3, -0.25) is 19.7 Å². The third kappa shape index (κ3) is 6.85. The summed E-state index contributed by atoms with van der Waals surface area (Å²) < 4.78 is 0. The molecule has 0 aliphatic rings. The van der Waals surface area contributed by atoms with E-state index in [-0.39, 0.29) is 29.8 Å². The molecule has 10 heteroatoms. The third-order valence-corrected chi connectivity index (χ3v) is 6.36. The number of benzene rings is 2. The first-order chi connectivity index (χ1) is 14.8. The molecule has 0 heterocycles. The number of carbonyl (C=O) groups is 2. The number of hydrogen-bond donors (Lipinski definition) is 1. The normalized spacial score (nSPS) is 11.6. The highest BCUT2D eigenvalue weighted by Crippen LogP contribution is 2.27. The molecule has 0 aliphatic heterocycles. The lowest BCUT2D eigenvalue weighted by molar-refractivity contribution is -0.384. The number of nitrogens with zero attached hydrogens (tertiary/aromatic N) is 2. The molecular weight excluding hydrogens is 461 g/mol. The van der Waals surface area contributed by atoms with Gasteiger partial charge in [-0.1, -0.05) is 48.3 Å². The summed E-state index contributed by atoms with van der Waals surface area (Å²) in [5.41, 5.74) is 1.47. The summed E-state index contributed by atoms with van der Waals surface area (Å²) in [4.78, 5) is 37.3. The first-order valence-electron chi connectivity index (χ1n) is 9.53. The predicted octanol–water partition coefficient (Wildman–Crippen LogP) is 4.69. The number of rotatable bonds is 10. The fraction of sp³-hybridized carbons (Fsp3) is 0.333. The summed E-state index contributed by atoms with van der Waals surface area (Å²) in [6.45, 7) is 1.94. The van der Waals surface area contributed by atoms with Gasteiger partial charge in [-0.2, -0.15) is 0 Å². The Morgan fingerprint density at radius 1 is 1.16 bits per heavy atom. The van der Waals surface area contributed by atoms with Gasteiger partial charge in [0.05, 0.1) is 10.7 Å². The van der Waals surface area contributed by atoms with Crippen molar-refractivity contribution in [1.82, 2.24) is 10.2 Å². The van der Waals surface area contributed by atoms with Gasteiger partial charge in [-0.05, 0) is 24.1 Å². The maximum absolute atomic E-state index is 13.1. The number of non-ortho nitro benzene ring substituents is 1. The Balaban J connectivity index is 2.13. The highest BCUT2D eigenvalue weighted by molar-refractivity contribution is 7.99. The Bertz CT molecular complexity index is 920. The van der Waals surface area contributed by atoms with Gasteiger partial charge in [-0.15, -0.1) is 11.8 Å². The highest BCUT2D eigenvalue weighted by atomic mass is 35.5. The van der Waals surface area contributed by atoms with E-state index in [0.717, 1.165) is 5.56 Å². The Hall–Kier alpha value is -2.29. The van der Waals surface area contributed by atoms with E-state index in [2.05, 4.69) is 5.32 Å².